The van der Waals surface area contributed by atoms with Gasteiger partial charge in [-0.15, -0.1) is 11.8 Å². The fourth-order valence-corrected chi connectivity index (χ4v) is 1.85. The highest BCUT2D eigenvalue weighted by Gasteiger charge is 2.03. The Labute approximate surface area is 93.1 Å². The zero-order chi connectivity index (χ0) is 11.3. The SMILES string of the molecule is CC(=O)c1ccc(SCC(O)CO)cc1. The number of carbonyl (C=O) groups excluding carboxylic acids is 1. The molecule has 0 saturated carbocycles. The molecule has 0 amide bonds. The van der Waals surface area contributed by atoms with Crippen LogP contribution in [-0.4, -0.2) is 34.5 Å². The summed E-state index contributed by atoms with van der Waals surface area (Å²) in [5.41, 5.74) is 0.682. The van der Waals surface area contributed by atoms with Gasteiger partial charge in [-0.1, -0.05) is 12.1 Å². The smallest absolute Gasteiger partial charge is 0.159 e. The van der Waals surface area contributed by atoms with Crippen molar-refractivity contribution in [1.82, 2.24) is 0 Å². The third-order valence-electron chi connectivity index (χ3n) is 1.91. The van der Waals surface area contributed by atoms with E-state index < -0.39 is 6.10 Å². The van der Waals surface area contributed by atoms with Crippen molar-refractivity contribution in [2.45, 2.75) is 17.9 Å². The van der Waals surface area contributed by atoms with E-state index in [1.165, 1.54) is 18.7 Å². The highest BCUT2D eigenvalue weighted by Crippen LogP contribution is 2.19. The second-order valence-electron chi connectivity index (χ2n) is 3.23. The molecule has 2 N–H and O–H groups in total. The van der Waals surface area contributed by atoms with Gasteiger partial charge < -0.3 is 10.2 Å². The molecule has 0 radical (unpaired) electrons. The minimum Gasteiger partial charge on any atom is -0.394 e. The molecule has 0 heterocycles. The number of thioether (sulfide) groups is 1. The van der Waals surface area contributed by atoms with Gasteiger partial charge in [0.15, 0.2) is 5.78 Å². The van der Waals surface area contributed by atoms with Crippen LogP contribution in [0.5, 0.6) is 0 Å². The lowest BCUT2D eigenvalue weighted by molar-refractivity contribution is 0.101. The maximum atomic E-state index is 11.0. The molecule has 0 spiro atoms. The summed E-state index contributed by atoms with van der Waals surface area (Å²) in [6.07, 6.45) is -0.692. The van der Waals surface area contributed by atoms with Crippen molar-refractivity contribution in [3.05, 3.63) is 29.8 Å². The van der Waals surface area contributed by atoms with Crippen LogP contribution in [0.4, 0.5) is 0 Å². The number of benzene rings is 1. The van der Waals surface area contributed by atoms with Crippen LogP contribution in [-0.2, 0) is 0 Å². The first kappa shape index (κ1) is 12.2. The lowest BCUT2D eigenvalue weighted by Gasteiger charge is -2.06. The van der Waals surface area contributed by atoms with Crippen LogP contribution in [0.25, 0.3) is 0 Å². The fourth-order valence-electron chi connectivity index (χ4n) is 1.03. The Balaban J connectivity index is 2.53. The van der Waals surface area contributed by atoms with E-state index in [0.717, 1.165) is 4.90 Å². The zero-order valence-electron chi connectivity index (χ0n) is 8.51. The van der Waals surface area contributed by atoms with Crippen LogP contribution < -0.4 is 0 Å². The number of rotatable bonds is 5. The largest absolute Gasteiger partial charge is 0.394 e. The predicted octanol–water partition coefficient (Wildman–Crippen LogP) is 1.33. The summed E-state index contributed by atoms with van der Waals surface area (Å²) in [5.74, 6) is 0.498. The molecule has 0 aliphatic heterocycles. The number of hydrogen-bond donors (Lipinski definition) is 2. The van der Waals surface area contributed by atoms with E-state index in [1.54, 1.807) is 12.1 Å². The molecule has 1 atom stereocenters. The van der Waals surface area contributed by atoms with E-state index in [9.17, 15) is 4.79 Å². The summed E-state index contributed by atoms with van der Waals surface area (Å²) in [6.45, 7) is 1.30. The van der Waals surface area contributed by atoms with Crippen LogP contribution in [0.15, 0.2) is 29.2 Å². The van der Waals surface area contributed by atoms with Gasteiger partial charge in [0.05, 0.1) is 12.7 Å². The minimum absolute atomic E-state index is 0.0435. The molecule has 0 aliphatic rings. The number of carbonyl (C=O) groups is 1. The number of aliphatic hydroxyl groups excluding tert-OH is 2. The Kier molecular flexibility index (Phi) is 4.81. The molecule has 3 nitrogen and oxygen atoms in total. The van der Waals surface area contributed by atoms with Crippen LogP contribution in [0.1, 0.15) is 17.3 Å². The molecule has 0 bridgehead atoms. The first-order valence-corrected chi connectivity index (χ1v) is 5.64. The van der Waals surface area contributed by atoms with Crippen molar-refractivity contribution in [3.8, 4) is 0 Å². The monoisotopic (exact) mass is 226 g/mol. The highest BCUT2D eigenvalue weighted by molar-refractivity contribution is 7.99. The average molecular weight is 226 g/mol. The molecule has 0 aliphatic carbocycles. The summed E-state index contributed by atoms with van der Waals surface area (Å²) < 4.78 is 0. The number of aliphatic hydroxyl groups is 2. The van der Waals surface area contributed by atoms with E-state index in [1.807, 2.05) is 12.1 Å². The fraction of sp³-hybridized carbons (Fsp3) is 0.364. The van der Waals surface area contributed by atoms with Gasteiger partial charge in [0, 0.05) is 16.2 Å². The lowest BCUT2D eigenvalue weighted by Crippen LogP contribution is -2.14. The van der Waals surface area contributed by atoms with Gasteiger partial charge in [-0.2, -0.15) is 0 Å². The zero-order valence-corrected chi connectivity index (χ0v) is 9.33. The quantitative estimate of drug-likeness (QED) is 0.587. The standard InChI is InChI=1S/C11H14O3S/c1-8(13)9-2-4-11(5-3-9)15-7-10(14)6-12/h2-5,10,12,14H,6-7H2,1H3. The third kappa shape index (κ3) is 4.03. The molecular weight excluding hydrogens is 212 g/mol. The number of Topliss-reactive ketones (excluding diaryl/α,β-unsaturated/α-hetero) is 1. The van der Waals surface area contributed by atoms with Gasteiger partial charge in [0.1, 0.15) is 0 Å². The van der Waals surface area contributed by atoms with Crippen molar-refractivity contribution >= 4 is 17.5 Å². The molecule has 4 heteroatoms. The molecular formula is C11H14O3S. The van der Waals surface area contributed by atoms with Crippen molar-refractivity contribution in [2.75, 3.05) is 12.4 Å². The van der Waals surface area contributed by atoms with Gasteiger partial charge in [-0.25, -0.2) is 0 Å². The van der Waals surface area contributed by atoms with Gasteiger partial charge in [0.25, 0.3) is 0 Å². The molecule has 15 heavy (non-hydrogen) atoms. The molecule has 1 unspecified atom stereocenters. The summed E-state index contributed by atoms with van der Waals surface area (Å²) in [5, 5.41) is 17.8. The van der Waals surface area contributed by atoms with Crippen LogP contribution in [0.2, 0.25) is 0 Å². The van der Waals surface area contributed by atoms with E-state index in [0.29, 0.717) is 11.3 Å². The van der Waals surface area contributed by atoms with Crippen LogP contribution in [0.3, 0.4) is 0 Å². The summed E-state index contributed by atoms with van der Waals surface area (Å²) >= 11 is 1.45. The van der Waals surface area contributed by atoms with Crippen molar-refractivity contribution in [2.24, 2.45) is 0 Å². The normalized spacial score (nSPS) is 12.5. The first-order chi connectivity index (χ1) is 7.13. The first-order valence-electron chi connectivity index (χ1n) is 4.66. The average Bonchev–Trinajstić information content (AvgIpc) is 2.26. The second kappa shape index (κ2) is 5.90. The Morgan fingerprint density at radius 2 is 2.00 bits per heavy atom. The Morgan fingerprint density at radius 1 is 1.40 bits per heavy atom. The van der Waals surface area contributed by atoms with Crippen LogP contribution >= 0.6 is 11.8 Å². The van der Waals surface area contributed by atoms with Crippen molar-refractivity contribution in [1.29, 1.82) is 0 Å². The third-order valence-corrected chi connectivity index (χ3v) is 3.07. The topological polar surface area (TPSA) is 57.5 Å². The maximum absolute atomic E-state index is 11.0. The Morgan fingerprint density at radius 3 is 2.47 bits per heavy atom. The molecule has 1 rings (SSSR count). The Bertz CT molecular complexity index is 321. The van der Waals surface area contributed by atoms with Crippen molar-refractivity contribution in [3.63, 3.8) is 0 Å². The Hall–Kier alpha value is -0.840. The number of hydrogen-bond acceptors (Lipinski definition) is 4. The second-order valence-corrected chi connectivity index (χ2v) is 4.32. The predicted molar refractivity (Wildman–Crippen MR) is 60.3 cm³/mol. The molecule has 1 aromatic rings. The molecule has 82 valence electrons. The minimum atomic E-state index is -0.692. The van der Waals surface area contributed by atoms with Crippen molar-refractivity contribution < 1.29 is 15.0 Å². The summed E-state index contributed by atoms with van der Waals surface area (Å²) in [4.78, 5) is 12.0. The van der Waals surface area contributed by atoms with E-state index in [4.69, 9.17) is 10.2 Å². The van der Waals surface area contributed by atoms with Gasteiger partial charge in [0.2, 0.25) is 0 Å². The molecule has 0 fully saturated rings. The summed E-state index contributed by atoms with van der Waals surface area (Å²) in [7, 11) is 0. The summed E-state index contributed by atoms with van der Waals surface area (Å²) in [6, 6.07) is 7.20. The molecule has 0 aromatic heterocycles. The molecule has 1 aromatic carbocycles. The maximum Gasteiger partial charge on any atom is 0.159 e. The lowest BCUT2D eigenvalue weighted by atomic mass is 10.2. The molecule has 0 saturated heterocycles. The van der Waals surface area contributed by atoms with Gasteiger partial charge in [-0.05, 0) is 19.1 Å². The highest BCUT2D eigenvalue weighted by atomic mass is 32.2. The van der Waals surface area contributed by atoms with E-state index in [2.05, 4.69) is 0 Å². The number of ketones is 1. The van der Waals surface area contributed by atoms with Gasteiger partial charge in [-0.3, -0.25) is 4.79 Å². The van der Waals surface area contributed by atoms with E-state index in [-0.39, 0.29) is 12.4 Å². The van der Waals surface area contributed by atoms with Crippen LogP contribution in [0, 0.1) is 0 Å². The van der Waals surface area contributed by atoms with E-state index >= 15 is 0 Å². The van der Waals surface area contributed by atoms with Gasteiger partial charge >= 0.3 is 0 Å².